The molecule has 3 rings (SSSR count). The van der Waals surface area contributed by atoms with Gasteiger partial charge in [0.15, 0.2) is 0 Å². The van der Waals surface area contributed by atoms with Crippen LogP contribution in [0.4, 0.5) is 10.1 Å². The second-order valence-corrected chi connectivity index (χ2v) is 7.74. The summed E-state index contributed by atoms with van der Waals surface area (Å²) in [7, 11) is -4.07. The summed E-state index contributed by atoms with van der Waals surface area (Å²) in [5, 5.41) is 0.126. The van der Waals surface area contributed by atoms with E-state index in [4.69, 9.17) is 21.1 Å². The van der Waals surface area contributed by atoms with Gasteiger partial charge in [0.2, 0.25) is 0 Å². The Balaban J connectivity index is 1.72. The third-order valence-corrected chi connectivity index (χ3v) is 5.38. The van der Waals surface area contributed by atoms with Crippen molar-refractivity contribution in [2.75, 3.05) is 17.9 Å². The average molecular weight is 386 g/mol. The summed E-state index contributed by atoms with van der Waals surface area (Å²) in [4.78, 5) is -0.470. The van der Waals surface area contributed by atoms with Crippen molar-refractivity contribution < 1.29 is 22.3 Å². The zero-order valence-corrected chi connectivity index (χ0v) is 14.8. The van der Waals surface area contributed by atoms with Crippen LogP contribution >= 0.6 is 11.6 Å². The molecule has 0 amide bonds. The number of nitrogens with one attached hydrogen (secondary N) is 1. The van der Waals surface area contributed by atoms with E-state index in [0.29, 0.717) is 12.4 Å². The van der Waals surface area contributed by atoms with E-state index in [2.05, 4.69) is 4.72 Å². The Morgan fingerprint density at radius 2 is 2.12 bits per heavy atom. The first-order chi connectivity index (χ1) is 11.9. The Morgan fingerprint density at radius 1 is 1.28 bits per heavy atom. The maximum Gasteiger partial charge on any atom is 0.264 e. The Labute approximate surface area is 150 Å². The SMILES string of the molecule is O=S(=O)(Nc1cccc(OC[C@H]2CCCO2)c1)c1ccc(Cl)cc1F. The van der Waals surface area contributed by atoms with E-state index >= 15 is 0 Å². The van der Waals surface area contributed by atoms with Gasteiger partial charge in [-0.15, -0.1) is 0 Å². The molecule has 1 aliphatic rings. The van der Waals surface area contributed by atoms with Crippen LogP contribution in [0.2, 0.25) is 5.02 Å². The van der Waals surface area contributed by atoms with Gasteiger partial charge in [0, 0.05) is 17.7 Å². The van der Waals surface area contributed by atoms with Crippen LogP contribution in [0.15, 0.2) is 47.4 Å². The van der Waals surface area contributed by atoms with Crippen molar-refractivity contribution in [3.05, 3.63) is 53.3 Å². The lowest BCUT2D eigenvalue weighted by Crippen LogP contribution is -2.17. The maximum absolute atomic E-state index is 13.9. The molecule has 2 aromatic carbocycles. The molecular weight excluding hydrogens is 369 g/mol. The summed E-state index contributed by atoms with van der Waals surface area (Å²) in [6, 6.07) is 9.87. The quantitative estimate of drug-likeness (QED) is 0.820. The van der Waals surface area contributed by atoms with Gasteiger partial charge in [-0.1, -0.05) is 17.7 Å². The minimum absolute atomic E-state index is 0.0588. The smallest absolute Gasteiger partial charge is 0.264 e. The molecule has 1 saturated heterocycles. The predicted molar refractivity (Wildman–Crippen MR) is 93.1 cm³/mol. The topological polar surface area (TPSA) is 64.6 Å². The lowest BCUT2D eigenvalue weighted by atomic mass is 10.2. The van der Waals surface area contributed by atoms with Crippen molar-refractivity contribution in [1.82, 2.24) is 0 Å². The van der Waals surface area contributed by atoms with E-state index in [0.717, 1.165) is 31.6 Å². The Kier molecular flexibility index (Phi) is 5.46. The molecule has 2 aromatic rings. The van der Waals surface area contributed by atoms with Gasteiger partial charge in [0.1, 0.15) is 23.1 Å². The summed E-state index contributed by atoms with van der Waals surface area (Å²) in [5.41, 5.74) is 0.277. The second kappa shape index (κ2) is 7.59. The summed E-state index contributed by atoms with van der Waals surface area (Å²) in [6.45, 7) is 1.14. The van der Waals surface area contributed by atoms with Crippen LogP contribution in [0.1, 0.15) is 12.8 Å². The average Bonchev–Trinajstić information content (AvgIpc) is 3.06. The number of anilines is 1. The number of rotatable bonds is 6. The van der Waals surface area contributed by atoms with Crippen LogP contribution in [-0.4, -0.2) is 27.7 Å². The number of benzene rings is 2. The van der Waals surface area contributed by atoms with Gasteiger partial charge in [-0.05, 0) is 43.2 Å². The van der Waals surface area contributed by atoms with E-state index in [9.17, 15) is 12.8 Å². The molecule has 8 heteroatoms. The first-order valence-corrected chi connectivity index (χ1v) is 9.62. The molecule has 134 valence electrons. The molecule has 0 unspecified atom stereocenters. The fourth-order valence-electron chi connectivity index (χ4n) is 2.52. The minimum Gasteiger partial charge on any atom is -0.491 e. The highest BCUT2D eigenvalue weighted by molar-refractivity contribution is 7.92. The van der Waals surface area contributed by atoms with Crippen LogP contribution in [0, 0.1) is 5.82 Å². The highest BCUT2D eigenvalue weighted by Crippen LogP contribution is 2.24. The molecule has 25 heavy (non-hydrogen) atoms. The first-order valence-electron chi connectivity index (χ1n) is 7.76. The van der Waals surface area contributed by atoms with Crippen molar-refractivity contribution in [2.24, 2.45) is 0 Å². The fraction of sp³-hybridized carbons (Fsp3) is 0.294. The van der Waals surface area contributed by atoms with Gasteiger partial charge in [0.25, 0.3) is 10.0 Å². The van der Waals surface area contributed by atoms with Gasteiger partial charge in [-0.25, -0.2) is 12.8 Å². The molecule has 1 atom stereocenters. The Hall–Kier alpha value is -1.83. The number of ether oxygens (including phenoxy) is 2. The molecular formula is C17H17ClFNO4S. The molecule has 0 spiro atoms. The largest absolute Gasteiger partial charge is 0.491 e. The lowest BCUT2D eigenvalue weighted by molar-refractivity contribution is 0.0680. The van der Waals surface area contributed by atoms with Crippen molar-refractivity contribution in [1.29, 1.82) is 0 Å². The third kappa shape index (κ3) is 4.62. The van der Waals surface area contributed by atoms with Gasteiger partial charge < -0.3 is 9.47 Å². The van der Waals surface area contributed by atoms with E-state index in [-0.39, 0.29) is 16.8 Å². The molecule has 0 aliphatic carbocycles. The highest BCUT2D eigenvalue weighted by Gasteiger charge is 2.20. The highest BCUT2D eigenvalue weighted by atomic mass is 35.5. The predicted octanol–water partition coefficient (Wildman–Crippen LogP) is 3.84. The summed E-state index contributed by atoms with van der Waals surface area (Å²) in [5.74, 6) is -0.405. The van der Waals surface area contributed by atoms with Crippen LogP contribution in [0.3, 0.4) is 0 Å². The molecule has 0 bridgehead atoms. The van der Waals surface area contributed by atoms with E-state index in [1.165, 1.54) is 6.07 Å². The van der Waals surface area contributed by atoms with Gasteiger partial charge in [-0.3, -0.25) is 4.72 Å². The molecule has 1 N–H and O–H groups in total. The first kappa shape index (κ1) is 18.0. The molecule has 0 saturated carbocycles. The Bertz CT molecular complexity index is 853. The number of hydrogen-bond donors (Lipinski definition) is 1. The van der Waals surface area contributed by atoms with Crippen molar-refractivity contribution in [3.8, 4) is 5.75 Å². The summed E-state index contributed by atoms with van der Waals surface area (Å²) in [6.07, 6.45) is 2.02. The van der Waals surface area contributed by atoms with Crippen molar-refractivity contribution in [3.63, 3.8) is 0 Å². The van der Waals surface area contributed by atoms with Crippen LogP contribution in [0.5, 0.6) is 5.75 Å². The summed E-state index contributed by atoms with van der Waals surface area (Å²) >= 11 is 5.65. The van der Waals surface area contributed by atoms with Crippen molar-refractivity contribution in [2.45, 2.75) is 23.8 Å². The van der Waals surface area contributed by atoms with Crippen LogP contribution in [-0.2, 0) is 14.8 Å². The van der Waals surface area contributed by atoms with E-state index < -0.39 is 20.7 Å². The van der Waals surface area contributed by atoms with Crippen LogP contribution in [0.25, 0.3) is 0 Å². The monoisotopic (exact) mass is 385 g/mol. The Morgan fingerprint density at radius 3 is 2.84 bits per heavy atom. The molecule has 1 heterocycles. The number of sulfonamides is 1. The molecule has 0 aromatic heterocycles. The van der Waals surface area contributed by atoms with E-state index in [1.54, 1.807) is 24.3 Å². The maximum atomic E-state index is 13.9. The van der Waals surface area contributed by atoms with Gasteiger partial charge in [-0.2, -0.15) is 0 Å². The fourth-order valence-corrected chi connectivity index (χ4v) is 3.79. The zero-order chi connectivity index (χ0) is 17.9. The van der Waals surface area contributed by atoms with Gasteiger partial charge >= 0.3 is 0 Å². The molecule has 1 aliphatic heterocycles. The zero-order valence-electron chi connectivity index (χ0n) is 13.2. The normalized spacial score (nSPS) is 17.4. The summed E-state index contributed by atoms with van der Waals surface area (Å²) < 4.78 is 52.1. The number of halogens is 2. The third-order valence-electron chi connectivity index (χ3n) is 3.73. The van der Waals surface area contributed by atoms with Gasteiger partial charge in [0.05, 0.1) is 11.8 Å². The lowest BCUT2D eigenvalue weighted by Gasteiger charge is -2.13. The van der Waals surface area contributed by atoms with Crippen molar-refractivity contribution >= 4 is 27.3 Å². The molecule has 0 radical (unpaired) electrons. The number of hydrogen-bond acceptors (Lipinski definition) is 4. The minimum atomic E-state index is -4.07. The molecule has 1 fully saturated rings. The molecule has 5 nitrogen and oxygen atoms in total. The van der Waals surface area contributed by atoms with Crippen LogP contribution < -0.4 is 9.46 Å². The second-order valence-electron chi connectivity index (χ2n) is 5.65. The van der Waals surface area contributed by atoms with E-state index in [1.807, 2.05) is 0 Å². The standard InChI is InChI=1S/C17H17ClFNO4S/c18-12-6-7-17(16(19)9-12)25(21,22)20-13-3-1-4-14(10-13)24-11-15-5-2-8-23-15/h1,3-4,6-7,9-10,15,20H,2,5,8,11H2/t15-/m1/s1.